The lowest BCUT2D eigenvalue weighted by atomic mass is 9.83. The smallest absolute Gasteiger partial charge is 0.405 e. The number of ether oxygens (including phenoxy) is 1. The van der Waals surface area contributed by atoms with E-state index < -0.39 is 6.36 Å². The molecule has 1 aromatic heterocycles. The van der Waals surface area contributed by atoms with Crippen LogP contribution in [0, 0.1) is 5.41 Å². The van der Waals surface area contributed by atoms with Gasteiger partial charge in [0.2, 0.25) is 5.95 Å². The number of fused-ring (bicyclic) bond motifs is 1. The standard InChI is InChI=1S/C25H27BrF3N5O/c1-30-22-18-4-2-3-5-19(18)33-23(34-22)32-17-8-10-24(11-9-17)13-21(24)31-14-15-6-7-16(26)12-20(15)35-25(27,28)29/h2-7,12,17,21,31H,8-11,13-14H2,1H3,(H2,30,32,33,34)/t17?,21-,24?/m1/s1. The van der Waals surface area contributed by atoms with E-state index in [1.165, 1.54) is 6.07 Å². The van der Waals surface area contributed by atoms with Crippen molar-refractivity contribution in [3.63, 3.8) is 0 Å². The van der Waals surface area contributed by atoms with Crippen LogP contribution in [-0.4, -0.2) is 35.5 Å². The molecule has 0 radical (unpaired) electrons. The highest BCUT2D eigenvalue weighted by molar-refractivity contribution is 9.10. The number of nitrogens with one attached hydrogen (secondary N) is 3. The largest absolute Gasteiger partial charge is 0.573 e. The molecule has 10 heteroatoms. The number of aromatic nitrogens is 2. The number of hydrogen-bond acceptors (Lipinski definition) is 6. The van der Waals surface area contributed by atoms with E-state index in [0.717, 1.165) is 48.8 Å². The third-order valence-electron chi connectivity index (χ3n) is 7.14. The van der Waals surface area contributed by atoms with Crippen molar-refractivity contribution in [2.45, 2.75) is 57.1 Å². The third-order valence-corrected chi connectivity index (χ3v) is 7.63. The Morgan fingerprint density at radius 1 is 1.11 bits per heavy atom. The second kappa shape index (κ2) is 9.46. The van der Waals surface area contributed by atoms with Crippen molar-refractivity contribution in [3.8, 4) is 5.75 Å². The summed E-state index contributed by atoms with van der Waals surface area (Å²) >= 11 is 3.22. The van der Waals surface area contributed by atoms with Crippen molar-refractivity contribution in [2.24, 2.45) is 5.41 Å². The van der Waals surface area contributed by atoms with E-state index in [1.54, 1.807) is 12.1 Å². The first-order valence-corrected chi connectivity index (χ1v) is 12.5. The maximum absolute atomic E-state index is 12.8. The van der Waals surface area contributed by atoms with E-state index in [1.807, 2.05) is 31.3 Å². The van der Waals surface area contributed by atoms with Gasteiger partial charge in [-0.05, 0) is 61.8 Å². The summed E-state index contributed by atoms with van der Waals surface area (Å²) in [5, 5.41) is 11.1. The van der Waals surface area contributed by atoms with E-state index in [0.29, 0.717) is 34.6 Å². The first-order chi connectivity index (χ1) is 16.7. The summed E-state index contributed by atoms with van der Waals surface area (Å²) in [4.78, 5) is 9.32. The molecular weight excluding hydrogens is 523 g/mol. The molecule has 0 amide bonds. The number of alkyl halides is 3. The highest BCUT2D eigenvalue weighted by Gasteiger charge is 2.54. The summed E-state index contributed by atoms with van der Waals surface area (Å²) in [6, 6.07) is 13.3. The predicted octanol–water partition coefficient (Wildman–Crippen LogP) is 6.24. The molecule has 2 aromatic carbocycles. The van der Waals surface area contributed by atoms with Crippen LogP contribution < -0.4 is 20.7 Å². The minimum Gasteiger partial charge on any atom is -0.405 e. The molecule has 0 saturated heterocycles. The summed E-state index contributed by atoms with van der Waals surface area (Å²) in [7, 11) is 1.86. The molecule has 0 unspecified atom stereocenters. The van der Waals surface area contributed by atoms with Gasteiger partial charge in [-0.3, -0.25) is 0 Å². The lowest BCUT2D eigenvalue weighted by molar-refractivity contribution is -0.274. The summed E-state index contributed by atoms with van der Waals surface area (Å²) in [5.41, 5.74) is 1.62. The van der Waals surface area contributed by atoms with Crippen molar-refractivity contribution in [1.29, 1.82) is 0 Å². The van der Waals surface area contributed by atoms with Crippen LogP contribution in [0.1, 0.15) is 37.7 Å². The highest BCUT2D eigenvalue weighted by atomic mass is 79.9. The van der Waals surface area contributed by atoms with Gasteiger partial charge in [0, 0.05) is 41.1 Å². The Bertz CT molecular complexity index is 1210. The number of hydrogen-bond donors (Lipinski definition) is 3. The number of benzene rings is 2. The minimum atomic E-state index is -4.72. The van der Waals surface area contributed by atoms with Gasteiger partial charge in [0.25, 0.3) is 0 Å². The van der Waals surface area contributed by atoms with Gasteiger partial charge >= 0.3 is 6.36 Å². The molecule has 1 heterocycles. The van der Waals surface area contributed by atoms with Gasteiger partial charge in [-0.1, -0.05) is 34.1 Å². The summed E-state index contributed by atoms with van der Waals surface area (Å²) in [6.07, 6.45) is 0.447. The molecule has 5 rings (SSSR count). The number of rotatable bonds is 7. The molecule has 186 valence electrons. The van der Waals surface area contributed by atoms with Gasteiger partial charge in [0.05, 0.1) is 5.52 Å². The molecule has 0 bridgehead atoms. The molecule has 2 fully saturated rings. The lowest BCUT2D eigenvalue weighted by Crippen LogP contribution is -2.32. The zero-order chi connectivity index (χ0) is 24.6. The molecule has 35 heavy (non-hydrogen) atoms. The van der Waals surface area contributed by atoms with Crippen LogP contribution >= 0.6 is 15.9 Å². The maximum atomic E-state index is 12.8. The van der Waals surface area contributed by atoms with Crippen LogP contribution in [0.5, 0.6) is 5.75 Å². The summed E-state index contributed by atoms with van der Waals surface area (Å²) in [6.45, 7) is 0.338. The molecule has 6 nitrogen and oxygen atoms in total. The van der Waals surface area contributed by atoms with Crippen LogP contribution in [-0.2, 0) is 6.54 Å². The Balaban J connectivity index is 1.16. The quantitative estimate of drug-likeness (QED) is 0.324. The fourth-order valence-corrected chi connectivity index (χ4v) is 5.51. The maximum Gasteiger partial charge on any atom is 0.573 e. The Morgan fingerprint density at radius 3 is 2.63 bits per heavy atom. The fraction of sp³-hybridized carbons (Fsp3) is 0.440. The molecule has 1 spiro atoms. The zero-order valence-electron chi connectivity index (χ0n) is 19.3. The average molecular weight is 550 g/mol. The molecule has 0 aliphatic heterocycles. The van der Waals surface area contributed by atoms with Crippen LogP contribution in [0.15, 0.2) is 46.9 Å². The summed E-state index contributed by atoms with van der Waals surface area (Å²) < 4.78 is 43.1. The van der Waals surface area contributed by atoms with Crippen molar-refractivity contribution >= 4 is 38.6 Å². The molecule has 1 atom stereocenters. The van der Waals surface area contributed by atoms with Gasteiger partial charge in [0.15, 0.2) is 0 Å². The number of anilines is 2. The second-order valence-corrected chi connectivity index (χ2v) is 10.3. The van der Waals surface area contributed by atoms with Crippen LogP contribution in [0.25, 0.3) is 10.9 Å². The Kier molecular flexibility index (Phi) is 6.52. The first kappa shape index (κ1) is 24.1. The fourth-order valence-electron chi connectivity index (χ4n) is 5.17. The second-order valence-electron chi connectivity index (χ2n) is 9.38. The molecule has 3 N–H and O–H groups in total. The van der Waals surface area contributed by atoms with Gasteiger partial charge < -0.3 is 20.7 Å². The molecule has 2 aliphatic carbocycles. The predicted molar refractivity (Wildman–Crippen MR) is 133 cm³/mol. The van der Waals surface area contributed by atoms with E-state index in [4.69, 9.17) is 0 Å². The minimum absolute atomic E-state index is 0.168. The Hall–Kier alpha value is -2.59. The summed E-state index contributed by atoms with van der Waals surface area (Å²) in [5.74, 6) is 1.27. The highest BCUT2D eigenvalue weighted by Crippen LogP contribution is 2.56. The average Bonchev–Trinajstić information content (AvgIpc) is 3.50. The molecule has 2 saturated carbocycles. The lowest BCUT2D eigenvalue weighted by Gasteiger charge is -2.30. The van der Waals surface area contributed by atoms with Gasteiger partial charge in [-0.2, -0.15) is 4.98 Å². The number of para-hydroxylation sites is 1. The number of nitrogens with zero attached hydrogens (tertiary/aromatic N) is 2. The van der Waals surface area contributed by atoms with Crippen molar-refractivity contribution in [1.82, 2.24) is 15.3 Å². The number of halogens is 4. The Labute approximate surface area is 210 Å². The monoisotopic (exact) mass is 549 g/mol. The third kappa shape index (κ3) is 5.48. The zero-order valence-corrected chi connectivity index (χ0v) is 20.8. The van der Waals surface area contributed by atoms with Crippen molar-refractivity contribution in [3.05, 3.63) is 52.5 Å². The first-order valence-electron chi connectivity index (χ1n) is 11.7. The molecule has 3 aromatic rings. The van der Waals surface area contributed by atoms with E-state index in [-0.39, 0.29) is 11.2 Å². The van der Waals surface area contributed by atoms with E-state index >= 15 is 0 Å². The van der Waals surface area contributed by atoms with E-state index in [9.17, 15) is 13.2 Å². The van der Waals surface area contributed by atoms with Crippen LogP contribution in [0.4, 0.5) is 24.9 Å². The molecular formula is C25H27BrF3N5O. The topological polar surface area (TPSA) is 71.1 Å². The van der Waals surface area contributed by atoms with Gasteiger partial charge in [-0.25, -0.2) is 4.98 Å². The SMILES string of the molecule is CNc1nc(NC2CCC3(CC2)C[C@H]3NCc2ccc(Br)cc2OC(F)(F)F)nc2ccccc12. The van der Waals surface area contributed by atoms with Crippen LogP contribution in [0.3, 0.4) is 0 Å². The van der Waals surface area contributed by atoms with Gasteiger partial charge in [-0.15, -0.1) is 13.2 Å². The van der Waals surface area contributed by atoms with Crippen LogP contribution in [0.2, 0.25) is 0 Å². The van der Waals surface area contributed by atoms with Gasteiger partial charge in [0.1, 0.15) is 11.6 Å². The Morgan fingerprint density at radius 2 is 1.89 bits per heavy atom. The van der Waals surface area contributed by atoms with Crippen molar-refractivity contribution < 1.29 is 17.9 Å². The van der Waals surface area contributed by atoms with E-state index in [2.05, 4.69) is 46.6 Å². The normalized spacial score (nSPS) is 23.9. The molecule has 2 aliphatic rings. The van der Waals surface area contributed by atoms with Crippen molar-refractivity contribution in [2.75, 3.05) is 17.7 Å².